The van der Waals surface area contributed by atoms with E-state index in [4.69, 9.17) is 4.74 Å². The van der Waals surface area contributed by atoms with E-state index in [2.05, 4.69) is 57.0 Å². The van der Waals surface area contributed by atoms with Crippen LogP contribution in [0.3, 0.4) is 0 Å². The average Bonchev–Trinajstić information content (AvgIpc) is 2.50. The Labute approximate surface area is 133 Å². The minimum Gasteiger partial charge on any atom is -0.496 e. The predicted octanol–water partition coefficient (Wildman–Crippen LogP) is 5.19. The van der Waals surface area contributed by atoms with Crippen LogP contribution in [-0.2, 0) is 12.8 Å². The highest BCUT2D eigenvalue weighted by Crippen LogP contribution is 2.30. The summed E-state index contributed by atoms with van der Waals surface area (Å²) in [4.78, 5) is 4.65. The smallest absolute Gasteiger partial charge is 0.124 e. The molecular formula is C20H25NO. The van der Waals surface area contributed by atoms with E-state index in [1.54, 1.807) is 7.11 Å². The van der Waals surface area contributed by atoms with Gasteiger partial charge in [0, 0.05) is 12.3 Å². The summed E-state index contributed by atoms with van der Waals surface area (Å²) in [5.41, 5.74) is 7.20. The largest absolute Gasteiger partial charge is 0.496 e. The molecule has 2 aromatic carbocycles. The van der Waals surface area contributed by atoms with Gasteiger partial charge in [-0.2, -0.15) is 0 Å². The quantitative estimate of drug-likeness (QED) is 0.696. The summed E-state index contributed by atoms with van der Waals surface area (Å²) in [6, 6.07) is 10.7. The van der Waals surface area contributed by atoms with Gasteiger partial charge in [0.05, 0.1) is 12.8 Å². The van der Waals surface area contributed by atoms with Gasteiger partial charge in [-0.3, -0.25) is 4.99 Å². The summed E-state index contributed by atoms with van der Waals surface area (Å²) in [5, 5.41) is 0. The second-order valence-electron chi connectivity index (χ2n) is 5.67. The molecule has 2 aromatic rings. The second-order valence-corrected chi connectivity index (χ2v) is 5.67. The zero-order chi connectivity index (χ0) is 16.1. The molecule has 0 N–H and O–H groups in total. The number of hydrogen-bond acceptors (Lipinski definition) is 2. The molecule has 0 aliphatic rings. The van der Waals surface area contributed by atoms with E-state index < -0.39 is 0 Å². The minimum absolute atomic E-state index is 0.939. The first-order valence-electron chi connectivity index (χ1n) is 7.89. The zero-order valence-electron chi connectivity index (χ0n) is 14.2. The summed E-state index contributed by atoms with van der Waals surface area (Å²) in [6.45, 7) is 8.55. The van der Waals surface area contributed by atoms with Crippen molar-refractivity contribution in [2.75, 3.05) is 7.11 Å². The van der Waals surface area contributed by atoms with Crippen LogP contribution in [0, 0.1) is 13.8 Å². The lowest BCUT2D eigenvalue weighted by molar-refractivity contribution is 0.409. The summed E-state index contributed by atoms with van der Waals surface area (Å²) < 4.78 is 5.54. The van der Waals surface area contributed by atoms with Crippen molar-refractivity contribution in [3.8, 4) is 5.75 Å². The molecule has 0 aliphatic heterocycles. The van der Waals surface area contributed by atoms with Crippen LogP contribution in [0.5, 0.6) is 5.75 Å². The van der Waals surface area contributed by atoms with E-state index in [-0.39, 0.29) is 0 Å². The van der Waals surface area contributed by atoms with Crippen molar-refractivity contribution in [1.29, 1.82) is 0 Å². The molecule has 116 valence electrons. The van der Waals surface area contributed by atoms with Crippen molar-refractivity contribution in [2.45, 2.75) is 40.5 Å². The molecule has 0 amide bonds. The van der Waals surface area contributed by atoms with E-state index in [9.17, 15) is 0 Å². The second kappa shape index (κ2) is 7.26. The highest BCUT2D eigenvalue weighted by molar-refractivity contribution is 5.82. The third-order valence-electron chi connectivity index (χ3n) is 3.85. The van der Waals surface area contributed by atoms with Crippen LogP contribution in [0.15, 0.2) is 35.3 Å². The molecule has 0 aliphatic carbocycles. The topological polar surface area (TPSA) is 21.6 Å². The van der Waals surface area contributed by atoms with Crippen LogP contribution in [0.4, 0.5) is 5.69 Å². The number of aliphatic imine (C=N–C) groups is 1. The van der Waals surface area contributed by atoms with Crippen LogP contribution in [0.1, 0.15) is 41.7 Å². The molecule has 0 saturated heterocycles. The lowest BCUT2D eigenvalue weighted by Gasteiger charge is -2.12. The number of benzene rings is 2. The Morgan fingerprint density at radius 2 is 1.64 bits per heavy atom. The van der Waals surface area contributed by atoms with Gasteiger partial charge in [-0.25, -0.2) is 0 Å². The molecule has 0 unspecified atom stereocenters. The summed E-state index contributed by atoms with van der Waals surface area (Å²) in [6.07, 6.45) is 3.90. The van der Waals surface area contributed by atoms with Crippen LogP contribution in [0.2, 0.25) is 0 Å². The maximum Gasteiger partial charge on any atom is 0.124 e. The van der Waals surface area contributed by atoms with Gasteiger partial charge in [-0.1, -0.05) is 43.2 Å². The van der Waals surface area contributed by atoms with Crippen molar-refractivity contribution in [3.63, 3.8) is 0 Å². The van der Waals surface area contributed by atoms with Crippen molar-refractivity contribution in [2.24, 2.45) is 4.99 Å². The van der Waals surface area contributed by atoms with Crippen LogP contribution < -0.4 is 4.74 Å². The molecule has 0 saturated carbocycles. The fourth-order valence-corrected chi connectivity index (χ4v) is 2.89. The number of hydrogen-bond donors (Lipinski definition) is 0. The Kier molecular flexibility index (Phi) is 5.37. The zero-order valence-corrected chi connectivity index (χ0v) is 14.2. The van der Waals surface area contributed by atoms with E-state index in [0.29, 0.717) is 0 Å². The van der Waals surface area contributed by atoms with Crippen molar-refractivity contribution >= 4 is 11.9 Å². The van der Waals surface area contributed by atoms with Gasteiger partial charge >= 0.3 is 0 Å². The molecule has 0 fully saturated rings. The Hall–Kier alpha value is -2.09. The number of rotatable bonds is 5. The molecule has 0 aromatic heterocycles. The first-order chi connectivity index (χ1) is 10.6. The van der Waals surface area contributed by atoms with Crippen LogP contribution in [0.25, 0.3) is 0 Å². The highest BCUT2D eigenvalue weighted by atomic mass is 16.5. The molecule has 2 rings (SSSR count). The SMILES string of the molecule is CCc1cc(N=Cc2cc(C)cc(C)c2)cc(OC)c1CC. The van der Waals surface area contributed by atoms with Gasteiger partial charge in [0.25, 0.3) is 0 Å². The van der Waals surface area contributed by atoms with Crippen molar-refractivity contribution in [1.82, 2.24) is 0 Å². The first-order valence-corrected chi connectivity index (χ1v) is 7.89. The monoisotopic (exact) mass is 295 g/mol. The summed E-state index contributed by atoms with van der Waals surface area (Å²) >= 11 is 0. The highest BCUT2D eigenvalue weighted by Gasteiger charge is 2.08. The Bertz CT molecular complexity index is 641. The standard InChI is InChI=1S/C20H25NO/c1-6-17-11-18(12-20(22-5)19(17)7-2)21-13-16-9-14(3)8-15(4)10-16/h8-13H,6-7H2,1-5H3. The van der Waals surface area contributed by atoms with Gasteiger partial charge in [0.15, 0.2) is 0 Å². The van der Waals surface area contributed by atoms with E-state index in [1.807, 2.05) is 12.3 Å². The van der Waals surface area contributed by atoms with Crippen LogP contribution in [-0.4, -0.2) is 13.3 Å². The predicted molar refractivity (Wildman–Crippen MR) is 94.9 cm³/mol. The molecular weight excluding hydrogens is 270 g/mol. The third-order valence-corrected chi connectivity index (χ3v) is 3.85. The molecule has 2 nitrogen and oxygen atoms in total. The maximum atomic E-state index is 5.54. The van der Waals surface area contributed by atoms with Gasteiger partial charge in [0.2, 0.25) is 0 Å². The van der Waals surface area contributed by atoms with E-state index >= 15 is 0 Å². The summed E-state index contributed by atoms with van der Waals surface area (Å²) in [7, 11) is 1.73. The number of aryl methyl sites for hydroxylation is 3. The third kappa shape index (κ3) is 3.76. The van der Waals surface area contributed by atoms with Gasteiger partial charge in [-0.05, 0) is 49.4 Å². The fraction of sp³-hybridized carbons (Fsp3) is 0.350. The Balaban J connectivity index is 2.38. The van der Waals surface area contributed by atoms with E-state index in [1.165, 1.54) is 22.3 Å². The molecule has 2 heteroatoms. The van der Waals surface area contributed by atoms with Crippen LogP contribution >= 0.6 is 0 Å². The summed E-state index contributed by atoms with van der Waals surface area (Å²) in [5.74, 6) is 0.939. The van der Waals surface area contributed by atoms with Crippen molar-refractivity contribution < 1.29 is 4.74 Å². The molecule has 0 radical (unpaired) electrons. The molecule has 22 heavy (non-hydrogen) atoms. The molecule has 0 bridgehead atoms. The Morgan fingerprint density at radius 1 is 0.955 bits per heavy atom. The average molecular weight is 295 g/mol. The number of nitrogens with zero attached hydrogens (tertiary/aromatic N) is 1. The van der Waals surface area contributed by atoms with Gasteiger partial charge in [-0.15, -0.1) is 0 Å². The lowest BCUT2D eigenvalue weighted by Crippen LogP contribution is -1.96. The molecule has 0 atom stereocenters. The fourth-order valence-electron chi connectivity index (χ4n) is 2.89. The van der Waals surface area contributed by atoms with Crippen molar-refractivity contribution in [3.05, 3.63) is 58.1 Å². The number of methoxy groups -OCH3 is 1. The van der Waals surface area contributed by atoms with E-state index in [0.717, 1.165) is 29.8 Å². The minimum atomic E-state index is 0.939. The number of ether oxygens (including phenoxy) is 1. The lowest BCUT2D eigenvalue weighted by atomic mass is 10.0. The first kappa shape index (κ1) is 16.3. The van der Waals surface area contributed by atoms with Gasteiger partial charge < -0.3 is 4.74 Å². The van der Waals surface area contributed by atoms with Gasteiger partial charge in [0.1, 0.15) is 5.75 Å². The Morgan fingerprint density at radius 3 is 2.18 bits per heavy atom. The molecule has 0 spiro atoms. The maximum absolute atomic E-state index is 5.54. The normalized spacial score (nSPS) is 11.1. The molecule has 0 heterocycles.